The van der Waals surface area contributed by atoms with Gasteiger partial charge in [0.15, 0.2) is 23.0 Å². The van der Waals surface area contributed by atoms with E-state index >= 15 is 0 Å². The summed E-state index contributed by atoms with van der Waals surface area (Å²) in [4.78, 5) is 15.1. The van der Waals surface area contributed by atoms with Gasteiger partial charge in [0, 0.05) is 29.4 Å². The molecule has 7 nitrogen and oxygen atoms in total. The highest BCUT2D eigenvalue weighted by atomic mass is 16.7. The van der Waals surface area contributed by atoms with Crippen LogP contribution in [-0.2, 0) is 6.54 Å². The van der Waals surface area contributed by atoms with Crippen LogP contribution in [0.2, 0.25) is 0 Å². The summed E-state index contributed by atoms with van der Waals surface area (Å²) >= 11 is 0. The minimum Gasteiger partial charge on any atom is -0.493 e. The van der Waals surface area contributed by atoms with Crippen LogP contribution in [-0.4, -0.2) is 31.8 Å². The second-order valence-corrected chi connectivity index (χ2v) is 7.32. The largest absolute Gasteiger partial charge is 0.493 e. The number of carbonyl (C=O) groups excluding carboxylic acids is 1. The molecule has 5 rings (SSSR count). The Morgan fingerprint density at radius 2 is 1.77 bits per heavy atom. The van der Waals surface area contributed by atoms with Crippen molar-refractivity contribution in [1.82, 2.24) is 4.90 Å². The maximum absolute atomic E-state index is 13.2. The monoisotopic (exact) mass is 418 g/mol. The molecule has 1 N–H and O–H groups in total. The zero-order valence-corrected chi connectivity index (χ0v) is 17.3. The Morgan fingerprint density at radius 3 is 2.61 bits per heavy atom. The molecule has 2 aliphatic rings. The Labute approximate surface area is 180 Å². The highest BCUT2D eigenvalue weighted by Gasteiger charge is 2.36. The van der Waals surface area contributed by atoms with Crippen LogP contribution in [0.3, 0.4) is 0 Å². The van der Waals surface area contributed by atoms with Crippen LogP contribution in [0, 0.1) is 0 Å². The van der Waals surface area contributed by atoms with Gasteiger partial charge in [-0.2, -0.15) is 0 Å². The standard InChI is InChI=1S/C24H22N2O5/c1-28-19-10-8-16(12-21(19)29-2)25-23-17-5-3-4-6-18(17)24(27)26(23)13-15-7-9-20-22(11-15)31-14-30-20/h3-12,23,25H,13-14H2,1-2H3/t23-/m0/s1. The van der Waals surface area contributed by atoms with Gasteiger partial charge in [0.2, 0.25) is 6.79 Å². The lowest BCUT2D eigenvalue weighted by atomic mass is 10.1. The second-order valence-electron chi connectivity index (χ2n) is 7.32. The van der Waals surface area contributed by atoms with Crippen molar-refractivity contribution < 1.29 is 23.7 Å². The van der Waals surface area contributed by atoms with Gasteiger partial charge < -0.3 is 29.2 Å². The molecule has 0 bridgehead atoms. The van der Waals surface area contributed by atoms with E-state index in [9.17, 15) is 4.79 Å². The van der Waals surface area contributed by atoms with Crippen molar-refractivity contribution >= 4 is 11.6 Å². The van der Waals surface area contributed by atoms with Crippen molar-refractivity contribution in [2.24, 2.45) is 0 Å². The van der Waals surface area contributed by atoms with E-state index in [-0.39, 0.29) is 18.9 Å². The molecule has 0 saturated heterocycles. The van der Waals surface area contributed by atoms with Crippen LogP contribution in [0.15, 0.2) is 60.7 Å². The molecule has 7 heteroatoms. The molecular formula is C24H22N2O5. The quantitative estimate of drug-likeness (QED) is 0.647. The maximum atomic E-state index is 13.2. The predicted molar refractivity (Wildman–Crippen MR) is 115 cm³/mol. The summed E-state index contributed by atoms with van der Waals surface area (Å²) in [6.45, 7) is 0.644. The van der Waals surface area contributed by atoms with E-state index in [1.807, 2.05) is 65.6 Å². The van der Waals surface area contributed by atoms with Crippen LogP contribution in [0.25, 0.3) is 0 Å². The molecule has 1 atom stereocenters. The van der Waals surface area contributed by atoms with Crippen molar-refractivity contribution in [2.45, 2.75) is 12.7 Å². The number of amides is 1. The molecule has 0 aliphatic carbocycles. The SMILES string of the molecule is COc1ccc(N[C@@H]2c3ccccc3C(=O)N2Cc2ccc3c(c2)OCO3)cc1OC. The summed E-state index contributed by atoms with van der Waals surface area (Å²) in [5.74, 6) is 2.66. The van der Waals surface area contributed by atoms with Crippen LogP contribution < -0.4 is 24.3 Å². The van der Waals surface area contributed by atoms with Gasteiger partial charge in [-0.15, -0.1) is 0 Å². The van der Waals surface area contributed by atoms with E-state index in [0.29, 0.717) is 29.4 Å². The lowest BCUT2D eigenvalue weighted by Gasteiger charge is -2.27. The predicted octanol–water partition coefficient (Wildman–Crippen LogP) is 4.20. The number of methoxy groups -OCH3 is 2. The third-order valence-corrected chi connectivity index (χ3v) is 5.54. The summed E-state index contributed by atoms with van der Waals surface area (Å²) < 4.78 is 21.7. The molecule has 0 spiro atoms. The summed E-state index contributed by atoms with van der Waals surface area (Å²) in [6.07, 6.45) is -0.327. The molecule has 2 heterocycles. The fourth-order valence-electron chi connectivity index (χ4n) is 4.01. The normalized spacial score (nSPS) is 16.3. The van der Waals surface area contributed by atoms with Crippen LogP contribution in [0.4, 0.5) is 5.69 Å². The van der Waals surface area contributed by atoms with Crippen molar-refractivity contribution in [1.29, 1.82) is 0 Å². The summed E-state index contributed by atoms with van der Waals surface area (Å²) in [5, 5.41) is 3.49. The smallest absolute Gasteiger partial charge is 0.256 e. The fourth-order valence-corrected chi connectivity index (χ4v) is 4.01. The lowest BCUT2D eigenvalue weighted by Crippen LogP contribution is -2.31. The molecule has 0 aromatic heterocycles. The number of rotatable bonds is 6. The molecular weight excluding hydrogens is 396 g/mol. The van der Waals surface area contributed by atoms with Gasteiger partial charge >= 0.3 is 0 Å². The van der Waals surface area contributed by atoms with E-state index in [0.717, 1.165) is 22.6 Å². The number of nitrogens with zero attached hydrogens (tertiary/aromatic N) is 1. The van der Waals surface area contributed by atoms with Gasteiger partial charge in [-0.05, 0) is 35.9 Å². The van der Waals surface area contributed by atoms with Crippen molar-refractivity contribution in [3.63, 3.8) is 0 Å². The molecule has 0 radical (unpaired) electrons. The first-order valence-electron chi connectivity index (χ1n) is 9.95. The number of ether oxygens (including phenoxy) is 4. The van der Waals surface area contributed by atoms with E-state index in [1.165, 1.54) is 0 Å². The van der Waals surface area contributed by atoms with Gasteiger partial charge in [0.05, 0.1) is 14.2 Å². The van der Waals surface area contributed by atoms with Crippen molar-refractivity contribution in [3.05, 3.63) is 77.4 Å². The zero-order valence-electron chi connectivity index (χ0n) is 17.3. The number of anilines is 1. The average molecular weight is 418 g/mol. The molecule has 2 aliphatic heterocycles. The number of fused-ring (bicyclic) bond motifs is 2. The molecule has 0 unspecified atom stereocenters. The van der Waals surface area contributed by atoms with Crippen LogP contribution in [0.1, 0.15) is 27.7 Å². The van der Waals surface area contributed by atoms with Crippen LogP contribution in [0.5, 0.6) is 23.0 Å². The summed E-state index contributed by atoms with van der Waals surface area (Å²) in [5.41, 5.74) is 3.41. The van der Waals surface area contributed by atoms with E-state index in [1.54, 1.807) is 14.2 Å². The van der Waals surface area contributed by atoms with Gasteiger partial charge in [0.1, 0.15) is 6.17 Å². The Balaban J connectivity index is 1.47. The Morgan fingerprint density at radius 1 is 0.968 bits per heavy atom. The third kappa shape index (κ3) is 3.38. The molecule has 31 heavy (non-hydrogen) atoms. The van der Waals surface area contributed by atoms with Gasteiger partial charge in [-0.25, -0.2) is 0 Å². The highest BCUT2D eigenvalue weighted by molar-refractivity contribution is 5.99. The molecule has 1 amide bonds. The first-order chi connectivity index (χ1) is 15.2. The Kier molecular flexibility index (Phi) is 4.78. The van der Waals surface area contributed by atoms with E-state index in [4.69, 9.17) is 18.9 Å². The summed E-state index contributed by atoms with van der Waals surface area (Å²) in [7, 11) is 3.20. The fraction of sp³-hybridized carbons (Fsp3) is 0.208. The van der Waals surface area contributed by atoms with E-state index in [2.05, 4.69) is 5.32 Å². The summed E-state index contributed by atoms with van der Waals surface area (Å²) in [6, 6.07) is 19.0. The minimum absolute atomic E-state index is 0.0220. The van der Waals surface area contributed by atoms with E-state index < -0.39 is 0 Å². The Bertz CT molecular complexity index is 1150. The molecule has 158 valence electrons. The van der Waals surface area contributed by atoms with Gasteiger partial charge in [0.25, 0.3) is 5.91 Å². The Hall–Kier alpha value is -3.87. The highest BCUT2D eigenvalue weighted by Crippen LogP contribution is 2.39. The van der Waals surface area contributed by atoms with Crippen molar-refractivity contribution in [2.75, 3.05) is 26.3 Å². The maximum Gasteiger partial charge on any atom is 0.256 e. The average Bonchev–Trinajstić information content (AvgIpc) is 3.37. The lowest BCUT2D eigenvalue weighted by molar-refractivity contribution is 0.0728. The van der Waals surface area contributed by atoms with Gasteiger partial charge in [-0.3, -0.25) is 4.79 Å². The third-order valence-electron chi connectivity index (χ3n) is 5.54. The zero-order chi connectivity index (χ0) is 21.4. The van der Waals surface area contributed by atoms with Crippen LogP contribution >= 0.6 is 0 Å². The number of hydrogen-bond acceptors (Lipinski definition) is 6. The molecule has 0 saturated carbocycles. The molecule has 3 aromatic rings. The second kappa shape index (κ2) is 7.75. The first kappa shape index (κ1) is 19.1. The number of hydrogen-bond donors (Lipinski definition) is 1. The van der Waals surface area contributed by atoms with Gasteiger partial charge in [-0.1, -0.05) is 24.3 Å². The minimum atomic E-state index is -0.327. The number of benzene rings is 3. The number of carbonyl (C=O) groups is 1. The number of nitrogens with one attached hydrogen (secondary N) is 1. The molecule has 0 fully saturated rings. The van der Waals surface area contributed by atoms with Crippen molar-refractivity contribution in [3.8, 4) is 23.0 Å². The first-order valence-corrected chi connectivity index (χ1v) is 9.95. The molecule has 3 aromatic carbocycles. The topological polar surface area (TPSA) is 69.3 Å².